The second-order valence-electron chi connectivity index (χ2n) is 7.50. The zero-order valence-electron chi connectivity index (χ0n) is 15.7. The van der Waals surface area contributed by atoms with E-state index in [-0.39, 0.29) is 12.1 Å². The van der Waals surface area contributed by atoms with Crippen LogP contribution in [0.2, 0.25) is 0 Å². The van der Waals surface area contributed by atoms with E-state index in [1.165, 1.54) is 5.56 Å². The maximum Gasteiger partial charge on any atom is 0.222 e. The third-order valence-electron chi connectivity index (χ3n) is 6.17. The summed E-state index contributed by atoms with van der Waals surface area (Å²) in [4.78, 5) is 16.6. The molecule has 25 heavy (non-hydrogen) atoms. The minimum Gasteiger partial charge on any atom is -0.387 e. The van der Waals surface area contributed by atoms with Crippen molar-refractivity contribution in [1.29, 1.82) is 0 Å². The van der Waals surface area contributed by atoms with E-state index in [0.717, 1.165) is 57.4 Å². The van der Waals surface area contributed by atoms with Crippen LogP contribution < -0.4 is 0 Å². The number of fused-ring (bicyclic) bond motifs is 1. The molecule has 1 saturated heterocycles. The fraction of sp³-hybridized carbons (Fsp3) is 0.667. The standard InChI is InChI=1S/C21H32N2O2/c1-3-22(4-2)20(24)10-9-16-11-13-23(14-12-16)19-15-17-7-5-6-8-18(17)21(19)25/h5-8,16,19,21,25H,3-4,9-15H2,1-2H3/t19-,21+/m0/s1. The molecule has 1 amide bonds. The van der Waals surface area contributed by atoms with Gasteiger partial charge in [0.2, 0.25) is 5.91 Å². The van der Waals surface area contributed by atoms with E-state index < -0.39 is 0 Å². The van der Waals surface area contributed by atoms with Crippen LogP contribution in [0.15, 0.2) is 24.3 Å². The number of benzene rings is 1. The highest BCUT2D eigenvalue weighted by Crippen LogP contribution is 2.36. The molecule has 1 fully saturated rings. The van der Waals surface area contributed by atoms with Crippen molar-refractivity contribution in [3.05, 3.63) is 35.4 Å². The second-order valence-corrected chi connectivity index (χ2v) is 7.50. The molecule has 1 aliphatic heterocycles. The number of likely N-dealkylation sites (tertiary alicyclic amines) is 1. The molecule has 2 atom stereocenters. The van der Waals surface area contributed by atoms with Crippen LogP contribution >= 0.6 is 0 Å². The summed E-state index contributed by atoms with van der Waals surface area (Å²) in [5, 5.41) is 10.7. The Kier molecular flexibility index (Phi) is 6.13. The average molecular weight is 344 g/mol. The Hall–Kier alpha value is -1.39. The normalized spacial score (nSPS) is 24.3. The quantitative estimate of drug-likeness (QED) is 0.863. The molecule has 2 aliphatic rings. The van der Waals surface area contributed by atoms with Gasteiger partial charge in [0, 0.05) is 25.6 Å². The van der Waals surface area contributed by atoms with Gasteiger partial charge in [0.15, 0.2) is 0 Å². The Balaban J connectivity index is 1.46. The molecule has 1 N–H and O–H groups in total. The Labute approximate surface area is 151 Å². The zero-order valence-corrected chi connectivity index (χ0v) is 15.7. The molecule has 4 nitrogen and oxygen atoms in total. The van der Waals surface area contributed by atoms with Crippen molar-refractivity contribution in [2.24, 2.45) is 5.92 Å². The number of hydrogen-bond donors (Lipinski definition) is 1. The summed E-state index contributed by atoms with van der Waals surface area (Å²) in [7, 11) is 0. The van der Waals surface area contributed by atoms with Crippen LogP contribution in [0.5, 0.6) is 0 Å². The van der Waals surface area contributed by atoms with Crippen LogP contribution in [0, 0.1) is 5.92 Å². The first-order valence-electron chi connectivity index (χ1n) is 9.91. The van der Waals surface area contributed by atoms with Gasteiger partial charge in [-0.3, -0.25) is 9.69 Å². The number of nitrogens with zero attached hydrogens (tertiary/aromatic N) is 2. The molecule has 0 unspecified atom stereocenters. The van der Waals surface area contributed by atoms with Gasteiger partial charge in [-0.1, -0.05) is 24.3 Å². The molecule has 0 aromatic heterocycles. The molecule has 1 aromatic rings. The maximum atomic E-state index is 12.2. The maximum absolute atomic E-state index is 12.2. The summed E-state index contributed by atoms with van der Waals surface area (Å²) in [6, 6.07) is 8.52. The third-order valence-corrected chi connectivity index (χ3v) is 6.17. The van der Waals surface area contributed by atoms with Gasteiger partial charge in [-0.2, -0.15) is 0 Å². The van der Waals surface area contributed by atoms with Crippen molar-refractivity contribution in [3.8, 4) is 0 Å². The first-order chi connectivity index (χ1) is 12.1. The summed E-state index contributed by atoms with van der Waals surface area (Å²) in [6.07, 6.45) is 4.59. The summed E-state index contributed by atoms with van der Waals surface area (Å²) >= 11 is 0. The summed E-state index contributed by atoms with van der Waals surface area (Å²) < 4.78 is 0. The Bertz CT molecular complexity index is 577. The molecule has 4 heteroatoms. The van der Waals surface area contributed by atoms with Crippen LogP contribution in [0.25, 0.3) is 0 Å². The number of amides is 1. The topological polar surface area (TPSA) is 43.8 Å². The van der Waals surface area contributed by atoms with Gasteiger partial charge in [-0.15, -0.1) is 0 Å². The van der Waals surface area contributed by atoms with Crippen molar-refractivity contribution in [2.75, 3.05) is 26.2 Å². The highest BCUT2D eigenvalue weighted by molar-refractivity contribution is 5.76. The lowest BCUT2D eigenvalue weighted by Crippen LogP contribution is -2.43. The molecule has 1 heterocycles. The monoisotopic (exact) mass is 344 g/mol. The fourth-order valence-corrected chi connectivity index (χ4v) is 4.52. The van der Waals surface area contributed by atoms with Crippen molar-refractivity contribution >= 4 is 5.91 Å². The molecule has 0 radical (unpaired) electrons. The molecule has 1 aromatic carbocycles. The van der Waals surface area contributed by atoms with Gasteiger partial charge in [-0.25, -0.2) is 0 Å². The van der Waals surface area contributed by atoms with Crippen molar-refractivity contribution < 1.29 is 9.90 Å². The second kappa shape index (κ2) is 8.33. The number of carbonyl (C=O) groups is 1. The smallest absolute Gasteiger partial charge is 0.222 e. The van der Waals surface area contributed by atoms with E-state index >= 15 is 0 Å². The van der Waals surface area contributed by atoms with Gasteiger partial charge < -0.3 is 10.0 Å². The van der Waals surface area contributed by atoms with Gasteiger partial charge in [-0.05, 0) is 69.7 Å². The summed E-state index contributed by atoms with van der Waals surface area (Å²) in [6.45, 7) is 7.80. The molecule has 138 valence electrons. The number of hydrogen-bond acceptors (Lipinski definition) is 3. The predicted molar refractivity (Wildman–Crippen MR) is 100 cm³/mol. The molecule has 0 saturated carbocycles. The number of aliphatic hydroxyl groups is 1. The highest BCUT2D eigenvalue weighted by Gasteiger charge is 2.36. The van der Waals surface area contributed by atoms with Crippen molar-refractivity contribution in [2.45, 2.75) is 58.1 Å². The van der Waals surface area contributed by atoms with Gasteiger partial charge >= 0.3 is 0 Å². The summed E-state index contributed by atoms with van der Waals surface area (Å²) in [5.41, 5.74) is 2.41. The first kappa shape index (κ1) is 18.4. The van der Waals surface area contributed by atoms with Crippen LogP contribution in [-0.4, -0.2) is 53.0 Å². The van der Waals surface area contributed by atoms with E-state index in [1.54, 1.807) is 0 Å². The Morgan fingerprint density at radius 3 is 2.52 bits per heavy atom. The number of carbonyl (C=O) groups excluding carboxylic acids is 1. The number of aliphatic hydroxyl groups excluding tert-OH is 1. The van der Waals surface area contributed by atoms with E-state index in [0.29, 0.717) is 18.2 Å². The highest BCUT2D eigenvalue weighted by atomic mass is 16.3. The van der Waals surface area contributed by atoms with E-state index in [2.05, 4.69) is 23.1 Å². The van der Waals surface area contributed by atoms with Gasteiger partial charge in [0.25, 0.3) is 0 Å². The minimum absolute atomic E-state index is 0.232. The lowest BCUT2D eigenvalue weighted by molar-refractivity contribution is -0.131. The molecule has 3 rings (SSSR count). The molecule has 1 aliphatic carbocycles. The average Bonchev–Trinajstić information content (AvgIpc) is 2.98. The first-order valence-corrected chi connectivity index (χ1v) is 9.91. The van der Waals surface area contributed by atoms with Crippen LogP contribution in [0.3, 0.4) is 0 Å². The van der Waals surface area contributed by atoms with E-state index in [9.17, 15) is 9.90 Å². The molecule has 0 bridgehead atoms. The van der Waals surface area contributed by atoms with Crippen LogP contribution in [0.4, 0.5) is 0 Å². The van der Waals surface area contributed by atoms with Gasteiger partial charge in [0.05, 0.1) is 6.10 Å². The molecular formula is C21H32N2O2. The van der Waals surface area contributed by atoms with Crippen LogP contribution in [0.1, 0.15) is 56.8 Å². The predicted octanol–water partition coefficient (Wildman–Crippen LogP) is 3.01. The Morgan fingerprint density at radius 2 is 1.88 bits per heavy atom. The number of piperidine rings is 1. The third kappa shape index (κ3) is 4.06. The van der Waals surface area contributed by atoms with Crippen molar-refractivity contribution in [1.82, 2.24) is 9.80 Å². The molecular weight excluding hydrogens is 312 g/mol. The molecule has 0 spiro atoms. The lowest BCUT2D eigenvalue weighted by Gasteiger charge is -2.37. The van der Waals surface area contributed by atoms with Crippen molar-refractivity contribution in [3.63, 3.8) is 0 Å². The largest absolute Gasteiger partial charge is 0.387 e. The van der Waals surface area contributed by atoms with E-state index in [4.69, 9.17) is 0 Å². The van der Waals surface area contributed by atoms with Gasteiger partial charge in [0.1, 0.15) is 0 Å². The van der Waals surface area contributed by atoms with E-state index in [1.807, 2.05) is 24.8 Å². The van der Waals surface area contributed by atoms with Crippen LogP contribution in [-0.2, 0) is 11.2 Å². The number of rotatable bonds is 6. The lowest BCUT2D eigenvalue weighted by atomic mass is 9.90. The SMILES string of the molecule is CCN(CC)C(=O)CCC1CCN([C@H]2Cc3ccccc3[C@H]2O)CC1. The Morgan fingerprint density at radius 1 is 1.20 bits per heavy atom. The fourth-order valence-electron chi connectivity index (χ4n) is 4.52. The summed E-state index contributed by atoms with van der Waals surface area (Å²) in [5.74, 6) is 0.950. The zero-order chi connectivity index (χ0) is 17.8. The minimum atomic E-state index is -0.350.